The number of halogens is 1. The zero-order valence-electron chi connectivity index (χ0n) is 11.5. The van der Waals surface area contributed by atoms with Crippen molar-refractivity contribution in [3.63, 3.8) is 0 Å². The lowest BCUT2D eigenvalue weighted by atomic mass is 10.0. The van der Waals surface area contributed by atoms with Crippen molar-refractivity contribution >= 4 is 0 Å². The standard InChI is InChI=1S/C14H22FNO2/c1-5-9-16-14(10(2)17-3)11-7-6-8-12(18-4)13(11)15/h6-8,10,14,16H,5,9H2,1-4H3. The molecule has 0 aliphatic carbocycles. The molecule has 0 spiro atoms. The van der Waals surface area contributed by atoms with Crippen molar-refractivity contribution in [1.29, 1.82) is 0 Å². The summed E-state index contributed by atoms with van der Waals surface area (Å²) in [5.41, 5.74) is 0.581. The van der Waals surface area contributed by atoms with Crippen molar-refractivity contribution in [3.05, 3.63) is 29.6 Å². The zero-order valence-corrected chi connectivity index (χ0v) is 11.5. The lowest BCUT2D eigenvalue weighted by Crippen LogP contribution is -2.32. The summed E-state index contributed by atoms with van der Waals surface area (Å²) in [4.78, 5) is 0. The largest absolute Gasteiger partial charge is 0.494 e. The van der Waals surface area contributed by atoms with E-state index in [1.807, 2.05) is 6.92 Å². The molecule has 102 valence electrons. The van der Waals surface area contributed by atoms with Gasteiger partial charge in [-0.05, 0) is 26.0 Å². The Labute approximate surface area is 108 Å². The van der Waals surface area contributed by atoms with Crippen LogP contribution in [0.5, 0.6) is 5.75 Å². The monoisotopic (exact) mass is 255 g/mol. The van der Waals surface area contributed by atoms with Gasteiger partial charge in [0.2, 0.25) is 0 Å². The second-order valence-corrected chi connectivity index (χ2v) is 4.24. The molecule has 0 bridgehead atoms. The summed E-state index contributed by atoms with van der Waals surface area (Å²) in [7, 11) is 3.10. The number of hydrogen-bond donors (Lipinski definition) is 1. The molecule has 3 nitrogen and oxygen atoms in total. The minimum Gasteiger partial charge on any atom is -0.494 e. The van der Waals surface area contributed by atoms with Crippen molar-refractivity contribution in [2.45, 2.75) is 32.4 Å². The summed E-state index contributed by atoms with van der Waals surface area (Å²) >= 11 is 0. The van der Waals surface area contributed by atoms with E-state index in [9.17, 15) is 4.39 Å². The predicted molar refractivity (Wildman–Crippen MR) is 70.5 cm³/mol. The van der Waals surface area contributed by atoms with Crippen LogP contribution in [0.15, 0.2) is 18.2 Å². The second-order valence-electron chi connectivity index (χ2n) is 4.24. The van der Waals surface area contributed by atoms with Crippen LogP contribution >= 0.6 is 0 Å². The molecule has 0 fully saturated rings. The van der Waals surface area contributed by atoms with Crippen molar-refractivity contribution in [1.82, 2.24) is 5.32 Å². The molecule has 1 aromatic carbocycles. The molecule has 1 aromatic rings. The quantitative estimate of drug-likeness (QED) is 0.812. The van der Waals surface area contributed by atoms with Crippen molar-refractivity contribution in [2.24, 2.45) is 0 Å². The van der Waals surface area contributed by atoms with Gasteiger partial charge in [0.1, 0.15) is 0 Å². The first kappa shape index (κ1) is 14.9. The van der Waals surface area contributed by atoms with E-state index in [4.69, 9.17) is 9.47 Å². The molecule has 0 aliphatic rings. The molecule has 4 heteroatoms. The molecule has 0 heterocycles. The lowest BCUT2D eigenvalue weighted by molar-refractivity contribution is 0.0816. The zero-order chi connectivity index (χ0) is 13.5. The fraction of sp³-hybridized carbons (Fsp3) is 0.571. The molecule has 2 unspecified atom stereocenters. The second kappa shape index (κ2) is 7.34. The Hall–Kier alpha value is -1.13. The number of ether oxygens (including phenoxy) is 2. The molecule has 0 aromatic heterocycles. The van der Waals surface area contributed by atoms with Gasteiger partial charge in [-0.3, -0.25) is 0 Å². The molecular formula is C14H22FNO2. The Balaban J connectivity index is 3.04. The lowest BCUT2D eigenvalue weighted by Gasteiger charge is -2.25. The Morgan fingerprint density at radius 1 is 1.33 bits per heavy atom. The summed E-state index contributed by atoms with van der Waals surface area (Å²) in [6.07, 6.45) is 0.872. The van der Waals surface area contributed by atoms with Crippen LogP contribution in [-0.4, -0.2) is 26.9 Å². The van der Waals surface area contributed by atoms with Crippen LogP contribution in [-0.2, 0) is 4.74 Å². The Kier molecular flexibility index (Phi) is 6.09. The first-order chi connectivity index (χ1) is 8.65. The van der Waals surface area contributed by atoms with E-state index in [0.717, 1.165) is 13.0 Å². The van der Waals surface area contributed by atoms with E-state index in [1.54, 1.807) is 25.3 Å². The van der Waals surface area contributed by atoms with Crippen LogP contribution in [0.2, 0.25) is 0 Å². The van der Waals surface area contributed by atoms with E-state index in [-0.39, 0.29) is 23.7 Å². The summed E-state index contributed by atoms with van der Waals surface area (Å²) in [5, 5.41) is 3.31. The number of nitrogens with one attached hydrogen (secondary N) is 1. The minimum absolute atomic E-state index is 0.113. The first-order valence-corrected chi connectivity index (χ1v) is 6.24. The van der Waals surface area contributed by atoms with Gasteiger partial charge in [-0.1, -0.05) is 19.1 Å². The summed E-state index contributed by atoms with van der Waals surface area (Å²) in [5.74, 6) is -0.0587. The van der Waals surface area contributed by atoms with Crippen LogP contribution in [0, 0.1) is 5.82 Å². The summed E-state index contributed by atoms with van der Waals surface area (Å²) < 4.78 is 24.6. The van der Waals surface area contributed by atoms with Gasteiger partial charge in [0, 0.05) is 12.7 Å². The van der Waals surface area contributed by atoms with Crippen LogP contribution in [0.4, 0.5) is 4.39 Å². The van der Waals surface area contributed by atoms with Gasteiger partial charge in [-0.25, -0.2) is 4.39 Å². The third-order valence-electron chi connectivity index (χ3n) is 3.00. The number of hydrogen-bond acceptors (Lipinski definition) is 3. The third-order valence-corrected chi connectivity index (χ3v) is 3.00. The molecular weight excluding hydrogens is 233 g/mol. The Morgan fingerprint density at radius 3 is 2.61 bits per heavy atom. The van der Waals surface area contributed by atoms with E-state index in [1.165, 1.54) is 7.11 Å². The maximum absolute atomic E-state index is 14.2. The highest BCUT2D eigenvalue weighted by molar-refractivity contribution is 5.33. The highest BCUT2D eigenvalue weighted by Crippen LogP contribution is 2.27. The van der Waals surface area contributed by atoms with Gasteiger partial charge in [0.15, 0.2) is 11.6 Å². The number of benzene rings is 1. The SMILES string of the molecule is CCCNC(c1cccc(OC)c1F)C(C)OC. The maximum atomic E-state index is 14.2. The smallest absolute Gasteiger partial charge is 0.169 e. The van der Waals surface area contributed by atoms with Crippen LogP contribution in [0.25, 0.3) is 0 Å². The third kappa shape index (κ3) is 3.43. The molecule has 18 heavy (non-hydrogen) atoms. The van der Waals surface area contributed by atoms with Crippen LogP contribution in [0.1, 0.15) is 31.9 Å². The molecule has 0 radical (unpaired) electrons. The molecule has 0 saturated heterocycles. The first-order valence-electron chi connectivity index (χ1n) is 6.24. The van der Waals surface area contributed by atoms with Gasteiger partial charge in [0.25, 0.3) is 0 Å². The average Bonchev–Trinajstić information content (AvgIpc) is 2.40. The highest BCUT2D eigenvalue weighted by Gasteiger charge is 2.23. The van der Waals surface area contributed by atoms with Crippen LogP contribution < -0.4 is 10.1 Å². The summed E-state index contributed by atoms with van der Waals surface area (Å²) in [6.45, 7) is 4.81. The molecule has 1 rings (SSSR count). The predicted octanol–water partition coefficient (Wildman–Crippen LogP) is 2.91. The van der Waals surface area contributed by atoms with Gasteiger partial charge in [0.05, 0.1) is 19.3 Å². The normalized spacial score (nSPS) is 14.3. The summed E-state index contributed by atoms with van der Waals surface area (Å²) in [6, 6.07) is 5.00. The Bertz CT molecular complexity index is 371. The van der Waals surface area contributed by atoms with E-state index in [2.05, 4.69) is 12.2 Å². The fourth-order valence-electron chi connectivity index (χ4n) is 1.89. The maximum Gasteiger partial charge on any atom is 0.169 e. The Morgan fingerprint density at radius 2 is 2.06 bits per heavy atom. The van der Waals surface area contributed by atoms with Gasteiger partial charge < -0.3 is 14.8 Å². The number of rotatable bonds is 7. The van der Waals surface area contributed by atoms with Crippen LogP contribution in [0.3, 0.4) is 0 Å². The average molecular weight is 255 g/mol. The molecule has 2 atom stereocenters. The van der Waals surface area contributed by atoms with Gasteiger partial charge >= 0.3 is 0 Å². The van der Waals surface area contributed by atoms with E-state index in [0.29, 0.717) is 5.56 Å². The molecule has 0 aliphatic heterocycles. The fourth-order valence-corrected chi connectivity index (χ4v) is 1.89. The van der Waals surface area contributed by atoms with Crippen molar-refractivity contribution < 1.29 is 13.9 Å². The minimum atomic E-state index is -0.322. The molecule has 0 saturated carbocycles. The van der Waals surface area contributed by atoms with Gasteiger partial charge in [-0.15, -0.1) is 0 Å². The topological polar surface area (TPSA) is 30.5 Å². The number of methoxy groups -OCH3 is 2. The molecule has 1 N–H and O–H groups in total. The highest BCUT2D eigenvalue weighted by atomic mass is 19.1. The van der Waals surface area contributed by atoms with Crippen molar-refractivity contribution in [2.75, 3.05) is 20.8 Å². The molecule has 0 amide bonds. The van der Waals surface area contributed by atoms with Gasteiger partial charge in [-0.2, -0.15) is 0 Å². The van der Waals surface area contributed by atoms with E-state index >= 15 is 0 Å². The van der Waals surface area contributed by atoms with Crippen molar-refractivity contribution in [3.8, 4) is 5.75 Å². The van der Waals surface area contributed by atoms with E-state index < -0.39 is 0 Å².